The molecule has 0 radical (unpaired) electrons. The summed E-state index contributed by atoms with van der Waals surface area (Å²) in [4.78, 5) is 25.4. The molecule has 0 atom stereocenters. The Bertz CT molecular complexity index is 867. The Hall–Kier alpha value is -3.06. The first-order valence-electron chi connectivity index (χ1n) is 9.99. The maximum absolute atomic E-state index is 12.9. The van der Waals surface area contributed by atoms with Crippen molar-refractivity contribution in [3.8, 4) is 11.5 Å². The highest BCUT2D eigenvalue weighted by molar-refractivity contribution is 5.95. The van der Waals surface area contributed by atoms with Crippen molar-refractivity contribution in [2.45, 2.75) is 26.3 Å². The standard InChI is InChI=1S/C23H31N3O4/c1-6-7-13-26(25(2)3)23(28)19-10-8-9-17(14-19)16-24-22(27)18-11-12-20(29-4)21(15-18)30-5/h8-12,14-15H,6-7,13,16H2,1-5H3,(H,24,27). The van der Waals surface area contributed by atoms with Gasteiger partial charge >= 0.3 is 0 Å². The second-order valence-electron chi connectivity index (χ2n) is 7.08. The molecule has 1 N–H and O–H groups in total. The molecule has 0 aliphatic heterocycles. The Morgan fingerprint density at radius 1 is 0.967 bits per heavy atom. The van der Waals surface area contributed by atoms with E-state index < -0.39 is 0 Å². The van der Waals surface area contributed by atoms with Crippen LogP contribution in [-0.4, -0.2) is 56.7 Å². The number of carbonyl (C=O) groups excluding carboxylic acids is 2. The number of nitrogens with zero attached hydrogens (tertiary/aromatic N) is 2. The van der Waals surface area contributed by atoms with Gasteiger partial charge in [0.15, 0.2) is 11.5 Å². The average molecular weight is 414 g/mol. The lowest BCUT2D eigenvalue weighted by atomic mass is 10.1. The zero-order valence-corrected chi connectivity index (χ0v) is 18.4. The number of unbranched alkanes of at least 4 members (excludes halogenated alkanes) is 1. The molecule has 2 aromatic rings. The number of hydrogen-bond donors (Lipinski definition) is 1. The minimum Gasteiger partial charge on any atom is -0.493 e. The molecular weight excluding hydrogens is 382 g/mol. The Morgan fingerprint density at radius 2 is 1.70 bits per heavy atom. The lowest BCUT2D eigenvalue weighted by molar-refractivity contribution is 0.0194. The third-order valence-electron chi connectivity index (χ3n) is 4.71. The Kier molecular flexibility index (Phi) is 8.68. The third-order valence-corrected chi connectivity index (χ3v) is 4.71. The molecule has 0 saturated heterocycles. The minimum atomic E-state index is -0.231. The SMILES string of the molecule is CCCCN(C(=O)c1cccc(CNC(=O)c2ccc(OC)c(OC)c2)c1)N(C)C. The van der Waals surface area contributed by atoms with Gasteiger partial charge in [0, 0.05) is 38.3 Å². The first-order valence-corrected chi connectivity index (χ1v) is 9.99. The summed E-state index contributed by atoms with van der Waals surface area (Å²) in [7, 11) is 6.80. The molecule has 7 nitrogen and oxygen atoms in total. The fourth-order valence-corrected chi connectivity index (χ4v) is 3.02. The number of rotatable bonds is 10. The predicted octanol–water partition coefficient (Wildman–Crippen LogP) is 3.35. The molecule has 0 unspecified atom stereocenters. The van der Waals surface area contributed by atoms with Crippen molar-refractivity contribution >= 4 is 11.8 Å². The Balaban J connectivity index is 2.08. The van der Waals surface area contributed by atoms with Crippen LogP contribution in [0.5, 0.6) is 11.5 Å². The summed E-state index contributed by atoms with van der Waals surface area (Å²) in [6, 6.07) is 12.3. The molecule has 0 heterocycles. The molecule has 162 valence electrons. The molecule has 0 aliphatic rings. The van der Waals surface area contributed by atoms with Crippen LogP contribution in [0.2, 0.25) is 0 Å². The average Bonchev–Trinajstić information content (AvgIpc) is 2.77. The van der Waals surface area contributed by atoms with E-state index in [0.29, 0.717) is 35.7 Å². The molecule has 0 fully saturated rings. The summed E-state index contributed by atoms with van der Waals surface area (Å²) in [5.41, 5.74) is 1.92. The lowest BCUT2D eigenvalue weighted by Crippen LogP contribution is -2.42. The topological polar surface area (TPSA) is 71.1 Å². The number of amides is 2. The van der Waals surface area contributed by atoms with Gasteiger partial charge in [-0.25, -0.2) is 5.01 Å². The van der Waals surface area contributed by atoms with Gasteiger partial charge in [0.05, 0.1) is 14.2 Å². The van der Waals surface area contributed by atoms with Gasteiger partial charge in [0.25, 0.3) is 11.8 Å². The molecule has 7 heteroatoms. The second kappa shape index (κ2) is 11.2. The summed E-state index contributed by atoms with van der Waals surface area (Å²) >= 11 is 0. The van der Waals surface area contributed by atoms with E-state index in [1.165, 1.54) is 7.11 Å². The summed E-state index contributed by atoms with van der Waals surface area (Å²) in [6.07, 6.45) is 1.95. The number of ether oxygens (including phenoxy) is 2. The van der Waals surface area contributed by atoms with Crippen molar-refractivity contribution in [3.05, 3.63) is 59.2 Å². The first kappa shape index (κ1) is 23.2. The molecule has 2 rings (SSSR count). The van der Waals surface area contributed by atoms with Crippen LogP contribution >= 0.6 is 0 Å². The quantitative estimate of drug-likeness (QED) is 0.605. The summed E-state index contributed by atoms with van der Waals surface area (Å²) < 4.78 is 10.5. The fourth-order valence-electron chi connectivity index (χ4n) is 3.02. The van der Waals surface area contributed by atoms with Crippen LogP contribution in [0.25, 0.3) is 0 Å². The molecule has 0 saturated carbocycles. The van der Waals surface area contributed by atoms with Crippen molar-refractivity contribution in [3.63, 3.8) is 0 Å². The number of hydrazine groups is 1. The van der Waals surface area contributed by atoms with Crippen LogP contribution in [0.15, 0.2) is 42.5 Å². The lowest BCUT2D eigenvalue weighted by Gasteiger charge is -2.29. The van der Waals surface area contributed by atoms with Gasteiger partial charge in [-0.2, -0.15) is 0 Å². The minimum absolute atomic E-state index is 0.0542. The zero-order chi connectivity index (χ0) is 22.1. The summed E-state index contributed by atoms with van der Waals surface area (Å²) in [6.45, 7) is 3.08. The first-order chi connectivity index (χ1) is 14.4. The van der Waals surface area contributed by atoms with E-state index >= 15 is 0 Å². The van der Waals surface area contributed by atoms with Crippen molar-refractivity contribution in [1.29, 1.82) is 0 Å². The highest BCUT2D eigenvalue weighted by atomic mass is 16.5. The monoisotopic (exact) mass is 413 g/mol. The van der Waals surface area contributed by atoms with Gasteiger partial charge in [-0.3, -0.25) is 14.6 Å². The van der Waals surface area contributed by atoms with E-state index in [1.54, 1.807) is 36.4 Å². The van der Waals surface area contributed by atoms with Crippen LogP contribution in [-0.2, 0) is 6.54 Å². The Labute approximate surface area is 178 Å². The van der Waals surface area contributed by atoms with Crippen molar-refractivity contribution in [2.75, 3.05) is 34.9 Å². The molecule has 2 aromatic carbocycles. The highest BCUT2D eigenvalue weighted by Crippen LogP contribution is 2.27. The van der Waals surface area contributed by atoms with Gasteiger partial charge < -0.3 is 14.8 Å². The number of benzene rings is 2. The maximum Gasteiger partial charge on any atom is 0.268 e. The van der Waals surface area contributed by atoms with Crippen LogP contribution in [0.3, 0.4) is 0 Å². The zero-order valence-electron chi connectivity index (χ0n) is 18.4. The molecule has 2 amide bonds. The van der Waals surface area contributed by atoms with Crippen molar-refractivity contribution < 1.29 is 19.1 Å². The molecule has 0 aliphatic carbocycles. The molecular formula is C23H31N3O4. The van der Waals surface area contributed by atoms with Crippen LogP contribution in [0, 0.1) is 0 Å². The number of nitrogens with one attached hydrogen (secondary N) is 1. The smallest absolute Gasteiger partial charge is 0.268 e. The second-order valence-corrected chi connectivity index (χ2v) is 7.08. The van der Waals surface area contributed by atoms with E-state index in [2.05, 4.69) is 12.2 Å². The normalized spacial score (nSPS) is 10.6. The van der Waals surface area contributed by atoms with Gasteiger partial charge in [-0.15, -0.1) is 0 Å². The van der Waals surface area contributed by atoms with Gasteiger partial charge in [0.2, 0.25) is 0 Å². The van der Waals surface area contributed by atoms with E-state index in [9.17, 15) is 9.59 Å². The van der Waals surface area contributed by atoms with Crippen LogP contribution < -0.4 is 14.8 Å². The molecule has 30 heavy (non-hydrogen) atoms. The fraction of sp³-hybridized carbons (Fsp3) is 0.391. The predicted molar refractivity (Wildman–Crippen MR) is 117 cm³/mol. The largest absolute Gasteiger partial charge is 0.493 e. The Morgan fingerprint density at radius 3 is 2.33 bits per heavy atom. The molecule has 0 spiro atoms. The van der Waals surface area contributed by atoms with E-state index in [4.69, 9.17) is 9.47 Å². The molecule has 0 bridgehead atoms. The summed E-state index contributed by atoms with van der Waals surface area (Å²) in [5.74, 6) is 0.773. The highest BCUT2D eigenvalue weighted by Gasteiger charge is 2.18. The van der Waals surface area contributed by atoms with Gasteiger partial charge in [-0.05, 0) is 42.3 Å². The van der Waals surface area contributed by atoms with Gasteiger partial charge in [0.1, 0.15) is 0 Å². The maximum atomic E-state index is 12.9. The molecule has 0 aromatic heterocycles. The van der Waals surface area contributed by atoms with E-state index in [-0.39, 0.29) is 11.8 Å². The number of carbonyl (C=O) groups is 2. The van der Waals surface area contributed by atoms with Gasteiger partial charge in [-0.1, -0.05) is 25.5 Å². The number of methoxy groups -OCH3 is 2. The van der Waals surface area contributed by atoms with Crippen molar-refractivity contribution in [2.24, 2.45) is 0 Å². The van der Waals surface area contributed by atoms with Crippen LogP contribution in [0.1, 0.15) is 46.0 Å². The summed E-state index contributed by atoms with van der Waals surface area (Å²) in [5, 5.41) is 6.42. The number of hydrogen-bond acceptors (Lipinski definition) is 5. The van der Waals surface area contributed by atoms with Crippen molar-refractivity contribution in [1.82, 2.24) is 15.3 Å². The van der Waals surface area contributed by atoms with E-state index in [1.807, 2.05) is 37.3 Å². The van der Waals surface area contributed by atoms with Crippen LogP contribution in [0.4, 0.5) is 0 Å². The third kappa shape index (κ3) is 5.97. The van der Waals surface area contributed by atoms with E-state index in [0.717, 1.165) is 18.4 Å².